The van der Waals surface area contributed by atoms with Gasteiger partial charge in [-0.25, -0.2) is 0 Å². The maximum atomic E-state index is 12.4. The first-order chi connectivity index (χ1) is 11.2. The number of nitrogens with zero attached hydrogens (tertiary/aromatic N) is 1. The smallest absolute Gasteiger partial charge is 0.266 e. The number of nitrogens with one attached hydrogen (secondary N) is 2. The molecular weight excluding hydrogens is 322 g/mol. The number of aromatic amines is 1. The van der Waals surface area contributed by atoms with Crippen molar-refractivity contribution in [2.75, 3.05) is 6.54 Å². The van der Waals surface area contributed by atoms with Crippen molar-refractivity contribution in [2.45, 2.75) is 39.2 Å². The molecule has 1 aromatic heterocycles. The third kappa shape index (κ3) is 3.24. The Morgan fingerprint density at radius 2 is 2.00 bits per heavy atom. The van der Waals surface area contributed by atoms with Gasteiger partial charge in [-0.1, -0.05) is 43.2 Å². The third-order valence-electron chi connectivity index (χ3n) is 4.54. The minimum Gasteiger partial charge on any atom is -0.324 e. The lowest BCUT2D eigenvalue weighted by atomic mass is 9.86. The van der Waals surface area contributed by atoms with Gasteiger partial charge in [0, 0.05) is 30.3 Å². The fourth-order valence-corrected chi connectivity index (χ4v) is 3.41. The summed E-state index contributed by atoms with van der Waals surface area (Å²) in [5.41, 5.74) is 4.90. The van der Waals surface area contributed by atoms with Crippen LogP contribution in [0.2, 0.25) is 0 Å². The average Bonchev–Trinajstić information content (AvgIpc) is 2.55. The van der Waals surface area contributed by atoms with Crippen LogP contribution in [0, 0.1) is 18.3 Å². The van der Waals surface area contributed by atoms with E-state index < -0.39 is 0 Å². The average molecular weight is 344 g/mol. The molecule has 24 heavy (non-hydrogen) atoms. The zero-order chi connectivity index (χ0) is 16.4. The van der Waals surface area contributed by atoms with Gasteiger partial charge in [-0.3, -0.25) is 4.79 Å². The van der Waals surface area contributed by atoms with Gasteiger partial charge in [0.2, 0.25) is 0 Å². The molecule has 0 amide bonds. The number of hydrogen-bond donors (Lipinski definition) is 2. The van der Waals surface area contributed by atoms with E-state index in [9.17, 15) is 10.1 Å². The molecule has 1 unspecified atom stereocenters. The van der Waals surface area contributed by atoms with Crippen LogP contribution in [0.5, 0.6) is 0 Å². The lowest BCUT2D eigenvalue weighted by Crippen LogP contribution is -2.32. The van der Waals surface area contributed by atoms with Crippen LogP contribution in [0.4, 0.5) is 0 Å². The highest BCUT2D eigenvalue weighted by Gasteiger charge is 2.26. The molecule has 0 aliphatic carbocycles. The van der Waals surface area contributed by atoms with Crippen LogP contribution >= 0.6 is 12.4 Å². The molecule has 0 saturated heterocycles. The van der Waals surface area contributed by atoms with Crippen LogP contribution < -0.4 is 10.9 Å². The van der Waals surface area contributed by atoms with Gasteiger partial charge < -0.3 is 10.3 Å². The van der Waals surface area contributed by atoms with Crippen molar-refractivity contribution in [1.29, 1.82) is 5.26 Å². The molecule has 2 N–H and O–H groups in total. The largest absolute Gasteiger partial charge is 0.324 e. The highest BCUT2D eigenvalue weighted by molar-refractivity contribution is 5.85. The van der Waals surface area contributed by atoms with Gasteiger partial charge in [0.1, 0.15) is 11.6 Å². The summed E-state index contributed by atoms with van der Waals surface area (Å²) in [6.45, 7) is 5.73. The molecule has 0 fully saturated rings. The van der Waals surface area contributed by atoms with Gasteiger partial charge in [0.15, 0.2) is 0 Å². The van der Waals surface area contributed by atoms with E-state index >= 15 is 0 Å². The summed E-state index contributed by atoms with van der Waals surface area (Å²) in [6, 6.07) is 10.1. The van der Waals surface area contributed by atoms with Crippen molar-refractivity contribution in [3.63, 3.8) is 0 Å². The second-order valence-corrected chi connectivity index (χ2v) is 6.19. The summed E-state index contributed by atoms with van der Waals surface area (Å²) in [5, 5.41) is 12.9. The van der Waals surface area contributed by atoms with Crippen molar-refractivity contribution in [3.8, 4) is 17.2 Å². The molecule has 5 heteroatoms. The Morgan fingerprint density at radius 3 is 2.62 bits per heavy atom. The fraction of sp³-hybridized carbons (Fsp3) is 0.368. The van der Waals surface area contributed by atoms with Gasteiger partial charge in [0.05, 0.1) is 0 Å². The van der Waals surface area contributed by atoms with Crippen LogP contribution in [0.3, 0.4) is 0 Å². The first kappa shape index (κ1) is 18.3. The predicted molar refractivity (Wildman–Crippen MR) is 98.6 cm³/mol. The summed E-state index contributed by atoms with van der Waals surface area (Å²) in [5.74, 6) is 0.299. The molecule has 0 bridgehead atoms. The molecule has 3 rings (SSSR count). The Bertz CT molecular complexity index is 818. The fourth-order valence-electron chi connectivity index (χ4n) is 3.41. The van der Waals surface area contributed by atoms with Crippen LogP contribution in [-0.4, -0.2) is 11.5 Å². The Labute approximate surface area is 148 Å². The number of nitriles is 1. The summed E-state index contributed by atoms with van der Waals surface area (Å²) < 4.78 is 0. The molecule has 0 radical (unpaired) electrons. The Balaban J connectivity index is 0.00000208. The standard InChI is InChI=1S/C19H21N3O.ClH/c1-3-4-14-10-21-11-16-17(13-7-5-12(2)6-8-13)15(9-20)19(23)22-18(14)16;/h5-8,14,21H,3-4,10-11H2,1-2H3,(H,22,23);1H. The van der Waals surface area contributed by atoms with E-state index in [4.69, 9.17) is 0 Å². The molecule has 1 aliphatic rings. The summed E-state index contributed by atoms with van der Waals surface area (Å²) in [4.78, 5) is 15.4. The molecule has 4 nitrogen and oxygen atoms in total. The summed E-state index contributed by atoms with van der Waals surface area (Å²) >= 11 is 0. The highest BCUT2D eigenvalue weighted by atomic mass is 35.5. The summed E-state index contributed by atoms with van der Waals surface area (Å²) in [6.07, 6.45) is 2.09. The molecule has 1 atom stereocenters. The van der Waals surface area contributed by atoms with E-state index in [0.717, 1.165) is 47.3 Å². The molecule has 1 aliphatic heterocycles. The molecular formula is C19H22ClN3O. The van der Waals surface area contributed by atoms with Gasteiger partial charge in [-0.05, 0) is 24.5 Å². The van der Waals surface area contributed by atoms with E-state index in [1.165, 1.54) is 0 Å². The van der Waals surface area contributed by atoms with E-state index in [-0.39, 0.29) is 23.5 Å². The van der Waals surface area contributed by atoms with Crippen LogP contribution in [0.25, 0.3) is 11.1 Å². The van der Waals surface area contributed by atoms with E-state index in [0.29, 0.717) is 12.5 Å². The maximum absolute atomic E-state index is 12.4. The zero-order valence-corrected chi connectivity index (χ0v) is 14.8. The Hall–Kier alpha value is -2.09. The van der Waals surface area contributed by atoms with E-state index in [1.54, 1.807) is 0 Å². The van der Waals surface area contributed by atoms with Crippen LogP contribution in [-0.2, 0) is 6.54 Å². The van der Waals surface area contributed by atoms with Gasteiger partial charge in [-0.2, -0.15) is 5.26 Å². The number of hydrogen-bond acceptors (Lipinski definition) is 3. The van der Waals surface area contributed by atoms with E-state index in [2.05, 4.69) is 23.3 Å². The van der Waals surface area contributed by atoms with Crippen LogP contribution in [0.1, 0.15) is 48.1 Å². The summed E-state index contributed by atoms with van der Waals surface area (Å²) in [7, 11) is 0. The molecule has 2 heterocycles. The van der Waals surface area contributed by atoms with Crippen molar-refractivity contribution < 1.29 is 0 Å². The van der Waals surface area contributed by atoms with Crippen molar-refractivity contribution in [1.82, 2.24) is 10.3 Å². The minimum atomic E-state index is -0.273. The number of pyridine rings is 1. The van der Waals surface area contributed by atoms with Crippen molar-refractivity contribution in [2.24, 2.45) is 0 Å². The molecule has 0 spiro atoms. The normalized spacial score (nSPS) is 16.0. The number of fused-ring (bicyclic) bond motifs is 1. The number of rotatable bonds is 3. The van der Waals surface area contributed by atoms with E-state index in [1.807, 2.05) is 31.2 Å². The van der Waals surface area contributed by atoms with Gasteiger partial charge >= 0.3 is 0 Å². The van der Waals surface area contributed by atoms with Crippen LogP contribution in [0.15, 0.2) is 29.1 Å². The van der Waals surface area contributed by atoms with Crippen molar-refractivity contribution in [3.05, 3.63) is 57.0 Å². The zero-order valence-electron chi connectivity index (χ0n) is 14.0. The molecule has 0 saturated carbocycles. The number of benzene rings is 1. The first-order valence-electron chi connectivity index (χ1n) is 8.12. The predicted octanol–water partition coefficient (Wildman–Crippen LogP) is 3.63. The second kappa shape index (κ2) is 7.65. The van der Waals surface area contributed by atoms with Gasteiger partial charge in [-0.15, -0.1) is 12.4 Å². The monoisotopic (exact) mass is 343 g/mol. The second-order valence-electron chi connectivity index (χ2n) is 6.19. The SMILES string of the molecule is CCCC1CNCc2c1[nH]c(=O)c(C#N)c2-c1ccc(C)cc1.Cl. The minimum absolute atomic E-state index is 0. The molecule has 126 valence electrons. The number of H-pyrrole nitrogens is 1. The lowest BCUT2D eigenvalue weighted by molar-refractivity contribution is 0.496. The third-order valence-corrected chi connectivity index (χ3v) is 4.54. The maximum Gasteiger partial charge on any atom is 0.266 e. The highest BCUT2D eigenvalue weighted by Crippen LogP contribution is 2.34. The Morgan fingerprint density at radius 1 is 1.29 bits per heavy atom. The lowest BCUT2D eigenvalue weighted by Gasteiger charge is -2.28. The van der Waals surface area contributed by atoms with Crippen molar-refractivity contribution >= 4 is 12.4 Å². The quantitative estimate of drug-likeness (QED) is 0.894. The molecule has 1 aromatic carbocycles. The number of aromatic nitrogens is 1. The Kier molecular flexibility index (Phi) is 5.82. The first-order valence-corrected chi connectivity index (χ1v) is 8.12. The number of aryl methyl sites for hydroxylation is 1. The number of halogens is 1. The van der Waals surface area contributed by atoms with Gasteiger partial charge in [0.25, 0.3) is 5.56 Å². The molecule has 2 aromatic rings. The topological polar surface area (TPSA) is 68.7 Å².